The monoisotopic (exact) mass is 197 g/mol. The van der Waals surface area contributed by atoms with Crippen molar-refractivity contribution >= 4 is 5.78 Å². The Bertz CT molecular complexity index is 307. The molecule has 0 saturated heterocycles. The summed E-state index contributed by atoms with van der Waals surface area (Å²) in [6.07, 6.45) is 1.80. The third-order valence-electron chi connectivity index (χ3n) is 1.74. The summed E-state index contributed by atoms with van der Waals surface area (Å²) in [7, 11) is 1.76. The number of carbonyl (C=O) groups is 1. The molecule has 0 spiro atoms. The predicted octanol–water partition coefficient (Wildman–Crippen LogP) is 0.352. The van der Waals surface area contributed by atoms with Gasteiger partial charge in [0, 0.05) is 7.05 Å². The van der Waals surface area contributed by atoms with E-state index in [0.29, 0.717) is 5.82 Å². The van der Waals surface area contributed by atoms with Gasteiger partial charge in [-0.15, -0.1) is 0 Å². The van der Waals surface area contributed by atoms with Crippen molar-refractivity contribution in [1.82, 2.24) is 14.8 Å². The lowest BCUT2D eigenvalue weighted by Crippen LogP contribution is -2.17. The lowest BCUT2D eigenvalue weighted by atomic mass is 10.3. The molecule has 1 aromatic heterocycles. The number of hydrogen-bond acceptors (Lipinski definition) is 4. The van der Waals surface area contributed by atoms with E-state index in [2.05, 4.69) is 10.1 Å². The molecule has 0 unspecified atom stereocenters. The van der Waals surface area contributed by atoms with Crippen molar-refractivity contribution in [2.45, 2.75) is 26.4 Å². The van der Waals surface area contributed by atoms with Gasteiger partial charge >= 0.3 is 0 Å². The third kappa shape index (κ3) is 3.26. The topological polar surface area (TPSA) is 57.0 Å². The van der Waals surface area contributed by atoms with Crippen LogP contribution in [-0.4, -0.2) is 33.3 Å². The molecule has 0 N–H and O–H groups in total. The molecule has 0 atom stereocenters. The van der Waals surface area contributed by atoms with Crippen LogP contribution in [0.25, 0.3) is 0 Å². The Morgan fingerprint density at radius 3 is 2.86 bits per heavy atom. The second-order valence-electron chi connectivity index (χ2n) is 3.38. The largest absolute Gasteiger partial charge is 0.371 e. The molecule has 5 nitrogen and oxygen atoms in total. The van der Waals surface area contributed by atoms with Crippen molar-refractivity contribution in [2.24, 2.45) is 7.05 Å². The van der Waals surface area contributed by atoms with Crippen LogP contribution in [0.3, 0.4) is 0 Å². The van der Waals surface area contributed by atoms with Crippen LogP contribution in [0.4, 0.5) is 0 Å². The minimum absolute atomic E-state index is 0.0230. The second kappa shape index (κ2) is 4.85. The summed E-state index contributed by atoms with van der Waals surface area (Å²) < 4.78 is 6.78. The Morgan fingerprint density at radius 2 is 2.36 bits per heavy atom. The van der Waals surface area contributed by atoms with Gasteiger partial charge < -0.3 is 4.74 Å². The average Bonchev–Trinajstić information content (AvgIpc) is 2.49. The first-order chi connectivity index (χ1) is 6.59. The lowest BCUT2D eigenvalue weighted by Gasteiger charge is -2.05. The quantitative estimate of drug-likeness (QED) is 0.683. The van der Waals surface area contributed by atoms with Gasteiger partial charge in [-0.05, 0) is 13.8 Å². The fourth-order valence-electron chi connectivity index (χ4n) is 0.967. The van der Waals surface area contributed by atoms with Crippen LogP contribution in [-0.2, 0) is 23.0 Å². The number of rotatable bonds is 5. The first-order valence-corrected chi connectivity index (χ1v) is 4.55. The summed E-state index contributed by atoms with van der Waals surface area (Å²) in [5, 5.41) is 3.88. The Morgan fingerprint density at radius 1 is 1.64 bits per heavy atom. The van der Waals surface area contributed by atoms with E-state index >= 15 is 0 Å². The van der Waals surface area contributed by atoms with Crippen molar-refractivity contribution in [1.29, 1.82) is 0 Å². The fraction of sp³-hybridized carbons (Fsp3) is 0.667. The Labute approximate surface area is 83.1 Å². The molecule has 78 valence electrons. The maximum Gasteiger partial charge on any atom is 0.166 e. The highest BCUT2D eigenvalue weighted by Crippen LogP contribution is 1.95. The summed E-state index contributed by atoms with van der Waals surface area (Å²) in [6.45, 7) is 3.94. The molecule has 0 radical (unpaired) electrons. The van der Waals surface area contributed by atoms with Crippen molar-refractivity contribution in [3.63, 3.8) is 0 Å². The first-order valence-electron chi connectivity index (χ1n) is 4.55. The van der Waals surface area contributed by atoms with E-state index in [1.165, 1.54) is 6.33 Å². The van der Waals surface area contributed by atoms with E-state index in [9.17, 15) is 4.79 Å². The zero-order valence-corrected chi connectivity index (χ0v) is 8.73. The van der Waals surface area contributed by atoms with Gasteiger partial charge in [-0.2, -0.15) is 5.10 Å². The highest BCUT2D eigenvalue weighted by Gasteiger charge is 2.08. The van der Waals surface area contributed by atoms with E-state index in [0.717, 1.165) is 0 Å². The molecule has 0 aromatic carbocycles. The van der Waals surface area contributed by atoms with Crippen LogP contribution in [0.1, 0.15) is 19.7 Å². The SMILES string of the molecule is CC(C)OCC(=O)Cc1ncnn1C. The number of ether oxygens (including phenoxy) is 1. The van der Waals surface area contributed by atoms with Crippen LogP contribution in [0.5, 0.6) is 0 Å². The molecule has 1 aromatic rings. The highest BCUT2D eigenvalue weighted by atomic mass is 16.5. The first kappa shape index (κ1) is 10.8. The van der Waals surface area contributed by atoms with Gasteiger partial charge in [-0.1, -0.05) is 0 Å². The fourth-order valence-corrected chi connectivity index (χ4v) is 0.967. The van der Waals surface area contributed by atoms with E-state index < -0.39 is 0 Å². The Balaban J connectivity index is 2.38. The number of nitrogens with zero attached hydrogens (tertiary/aromatic N) is 3. The Kier molecular flexibility index (Phi) is 3.76. The molecule has 0 bridgehead atoms. The maximum atomic E-state index is 11.4. The van der Waals surface area contributed by atoms with Crippen molar-refractivity contribution < 1.29 is 9.53 Å². The van der Waals surface area contributed by atoms with Gasteiger partial charge in [0.25, 0.3) is 0 Å². The molecular formula is C9H15N3O2. The molecule has 0 aliphatic carbocycles. The van der Waals surface area contributed by atoms with Crippen LogP contribution in [0, 0.1) is 0 Å². The number of carbonyl (C=O) groups excluding carboxylic acids is 1. The summed E-state index contributed by atoms with van der Waals surface area (Å²) >= 11 is 0. The van der Waals surface area contributed by atoms with Gasteiger partial charge in [0.1, 0.15) is 18.8 Å². The molecule has 0 amide bonds. The highest BCUT2D eigenvalue weighted by molar-refractivity contribution is 5.81. The van der Waals surface area contributed by atoms with Crippen molar-refractivity contribution in [3.05, 3.63) is 12.2 Å². The molecule has 5 heteroatoms. The van der Waals surface area contributed by atoms with E-state index in [-0.39, 0.29) is 24.9 Å². The summed E-state index contributed by atoms with van der Waals surface area (Å²) in [5.74, 6) is 0.692. The van der Waals surface area contributed by atoms with E-state index in [1.807, 2.05) is 13.8 Å². The second-order valence-corrected chi connectivity index (χ2v) is 3.38. The molecule has 1 rings (SSSR count). The summed E-state index contributed by atoms with van der Waals surface area (Å²) in [5.41, 5.74) is 0. The van der Waals surface area contributed by atoms with Crippen LogP contribution in [0.2, 0.25) is 0 Å². The minimum Gasteiger partial charge on any atom is -0.371 e. The number of Topliss-reactive ketones (excluding diaryl/α,β-unsaturated/α-hetero) is 1. The smallest absolute Gasteiger partial charge is 0.166 e. The third-order valence-corrected chi connectivity index (χ3v) is 1.74. The summed E-state index contributed by atoms with van der Waals surface area (Å²) in [6, 6.07) is 0. The predicted molar refractivity (Wildman–Crippen MR) is 50.8 cm³/mol. The molecule has 1 heterocycles. The Hall–Kier alpha value is -1.23. The molecular weight excluding hydrogens is 182 g/mol. The van der Waals surface area contributed by atoms with Gasteiger partial charge in [-0.25, -0.2) is 4.98 Å². The van der Waals surface area contributed by atoms with Gasteiger partial charge in [0.15, 0.2) is 5.78 Å². The zero-order chi connectivity index (χ0) is 10.6. The zero-order valence-electron chi connectivity index (χ0n) is 8.73. The number of ketones is 1. The summed E-state index contributed by atoms with van der Waals surface area (Å²) in [4.78, 5) is 15.3. The van der Waals surface area contributed by atoms with Crippen molar-refractivity contribution in [3.8, 4) is 0 Å². The minimum atomic E-state index is 0.0230. The molecule has 0 saturated carbocycles. The van der Waals surface area contributed by atoms with E-state index in [1.54, 1.807) is 11.7 Å². The maximum absolute atomic E-state index is 11.4. The molecule has 0 aliphatic heterocycles. The lowest BCUT2D eigenvalue weighted by molar-refractivity contribution is -0.124. The molecule has 0 aliphatic rings. The normalized spacial score (nSPS) is 10.9. The van der Waals surface area contributed by atoms with Gasteiger partial charge in [0.05, 0.1) is 12.5 Å². The van der Waals surface area contributed by atoms with Gasteiger partial charge in [-0.3, -0.25) is 9.48 Å². The van der Waals surface area contributed by atoms with Crippen LogP contribution in [0.15, 0.2) is 6.33 Å². The van der Waals surface area contributed by atoms with Crippen LogP contribution >= 0.6 is 0 Å². The average molecular weight is 197 g/mol. The number of aromatic nitrogens is 3. The van der Waals surface area contributed by atoms with Crippen LogP contribution < -0.4 is 0 Å². The van der Waals surface area contributed by atoms with Gasteiger partial charge in [0.2, 0.25) is 0 Å². The standard InChI is InChI=1S/C9H15N3O2/c1-7(2)14-5-8(13)4-9-10-6-11-12(9)3/h6-7H,4-5H2,1-3H3. The van der Waals surface area contributed by atoms with Crippen molar-refractivity contribution in [2.75, 3.05) is 6.61 Å². The molecule has 14 heavy (non-hydrogen) atoms. The van der Waals surface area contributed by atoms with E-state index in [4.69, 9.17) is 4.74 Å². The molecule has 0 fully saturated rings. The number of aryl methyl sites for hydroxylation is 1. The number of hydrogen-bond donors (Lipinski definition) is 0.